The number of nitrogens with zero attached hydrogens (tertiary/aromatic N) is 1. The Labute approximate surface area is 142 Å². The van der Waals surface area contributed by atoms with Gasteiger partial charge in [0.15, 0.2) is 12.0 Å². The fourth-order valence-corrected chi connectivity index (χ4v) is 2.57. The topological polar surface area (TPSA) is 67.0 Å². The maximum absolute atomic E-state index is 12.0. The predicted molar refractivity (Wildman–Crippen MR) is 87.3 cm³/mol. The maximum Gasteiger partial charge on any atom is 0.255 e. The van der Waals surface area contributed by atoms with Crippen LogP contribution in [0.2, 0.25) is 15.1 Å². The Morgan fingerprint density at radius 2 is 2.00 bits per heavy atom. The molecule has 0 radical (unpaired) electrons. The van der Waals surface area contributed by atoms with Crippen molar-refractivity contribution in [1.82, 2.24) is 15.5 Å². The van der Waals surface area contributed by atoms with Gasteiger partial charge in [0.1, 0.15) is 0 Å². The molecule has 8 heteroatoms. The highest BCUT2D eigenvalue weighted by molar-refractivity contribution is 6.40. The second-order valence-corrected chi connectivity index (χ2v) is 5.62. The predicted octanol–water partition coefficient (Wildman–Crippen LogP) is 3.92. The molecule has 2 aromatic rings. The zero-order chi connectivity index (χ0) is 16.3. The summed E-state index contributed by atoms with van der Waals surface area (Å²) < 4.78 is 5.55. The van der Waals surface area contributed by atoms with Crippen LogP contribution in [0.1, 0.15) is 12.6 Å². The van der Waals surface area contributed by atoms with Gasteiger partial charge < -0.3 is 10.1 Å². The van der Waals surface area contributed by atoms with E-state index in [0.717, 1.165) is 0 Å². The minimum Gasteiger partial charge on any atom is -0.468 e. The molecule has 0 aliphatic carbocycles. The van der Waals surface area contributed by atoms with Gasteiger partial charge in [-0.25, -0.2) is 0 Å². The first-order valence-electron chi connectivity index (χ1n) is 6.19. The van der Waals surface area contributed by atoms with Crippen molar-refractivity contribution in [2.45, 2.75) is 13.2 Å². The molecule has 1 amide bonds. The van der Waals surface area contributed by atoms with Gasteiger partial charge >= 0.3 is 0 Å². The molecule has 2 rings (SSSR count). The lowest BCUT2D eigenvalue weighted by atomic mass is 10.2. The van der Waals surface area contributed by atoms with E-state index in [2.05, 4.69) is 22.1 Å². The van der Waals surface area contributed by atoms with Gasteiger partial charge in [-0.1, -0.05) is 41.4 Å². The molecule has 0 bridgehead atoms. The fourth-order valence-electron chi connectivity index (χ4n) is 1.66. The number of amides is 1. The normalized spacial score (nSPS) is 11.8. The lowest BCUT2D eigenvalue weighted by Crippen LogP contribution is -2.37. The van der Waals surface area contributed by atoms with Gasteiger partial charge in [-0.3, -0.25) is 9.89 Å². The number of nitrogens with one attached hydrogen (secondary N) is 2. The third-order valence-electron chi connectivity index (χ3n) is 2.68. The molecule has 22 heavy (non-hydrogen) atoms. The van der Waals surface area contributed by atoms with E-state index >= 15 is 0 Å². The number of aromatic amines is 1. The Morgan fingerprint density at radius 1 is 1.36 bits per heavy atom. The molecular formula is C14H12Cl3N3O2. The lowest BCUT2D eigenvalue weighted by Gasteiger charge is -2.18. The standard InChI is InChI=1S/C14H12Cl3N3O2/c1-7(12-3-4-18-20-12)14(21)19-8(2)22-13-10(16)5-9(15)6-11(13)17/h3-6,8H,1H2,2H3,(H,18,20)(H,19,21). The van der Waals surface area contributed by atoms with Crippen LogP contribution in [0.4, 0.5) is 0 Å². The van der Waals surface area contributed by atoms with E-state index in [0.29, 0.717) is 10.7 Å². The summed E-state index contributed by atoms with van der Waals surface area (Å²) in [5, 5.41) is 10.0. The highest BCUT2D eigenvalue weighted by atomic mass is 35.5. The van der Waals surface area contributed by atoms with Crippen molar-refractivity contribution in [2.24, 2.45) is 0 Å². The Balaban J connectivity index is 2.03. The number of hydrogen-bond acceptors (Lipinski definition) is 3. The summed E-state index contributed by atoms with van der Waals surface area (Å²) in [7, 11) is 0. The number of hydrogen-bond donors (Lipinski definition) is 2. The number of carbonyl (C=O) groups is 1. The maximum atomic E-state index is 12.0. The van der Waals surface area contributed by atoms with E-state index in [1.807, 2.05) is 0 Å². The molecule has 1 aromatic carbocycles. The molecule has 1 unspecified atom stereocenters. The molecule has 1 heterocycles. The van der Waals surface area contributed by atoms with Gasteiger partial charge in [0, 0.05) is 11.2 Å². The number of aromatic nitrogens is 2. The largest absolute Gasteiger partial charge is 0.468 e. The van der Waals surface area contributed by atoms with Gasteiger partial charge in [0.2, 0.25) is 0 Å². The van der Waals surface area contributed by atoms with E-state index in [9.17, 15) is 4.79 Å². The van der Waals surface area contributed by atoms with Crippen LogP contribution in [0.5, 0.6) is 5.75 Å². The van der Waals surface area contributed by atoms with Crippen molar-refractivity contribution in [3.63, 3.8) is 0 Å². The van der Waals surface area contributed by atoms with Gasteiger partial charge in [0.25, 0.3) is 5.91 Å². The number of carbonyl (C=O) groups excluding carboxylic acids is 1. The van der Waals surface area contributed by atoms with Crippen molar-refractivity contribution in [3.8, 4) is 5.75 Å². The lowest BCUT2D eigenvalue weighted by molar-refractivity contribution is -0.117. The monoisotopic (exact) mass is 359 g/mol. The highest BCUT2D eigenvalue weighted by Crippen LogP contribution is 2.36. The number of H-pyrrole nitrogens is 1. The van der Waals surface area contributed by atoms with Crippen LogP contribution in [0.15, 0.2) is 31.0 Å². The molecule has 1 atom stereocenters. The average molecular weight is 361 g/mol. The van der Waals surface area contributed by atoms with Crippen molar-refractivity contribution < 1.29 is 9.53 Å². The van der Waals surface area contributed by atoms with Crippen molar-refractivity contribution in [2.75, 3.05) is 0 Å². The number of halogens is 3. The van der Waals surface area contributed by atoms with Crippen LogP contribution in [-0.4, -0.2) is 22.3 Å². The number of rotatable bonds is 5. The Kier molecular flexibility index (Phi) is 5.34. The summed E-state index contributed by atoms with van der Waals surface area (Å²) >= 11 is 17.9. The molecule has 0 saturated heterocycles. The van der Waals surface area contributed by atoms with Crippen LogP contribution in [0, 0.1) is 0 Å². The molecule has 2 N–H and O–H groups in total. The van der Waals surface area contributed by atoms with Crippen molar-refractivity contribution in [1.29, 1.82) is 0 Å². The Bertz CT molecular complexity index is 678. The van der Waals surface area contributed by atoms with Crippen LogP contribution < -0.4 is 10.1 Å². The molecular weight excluding hydrogens is 349 g/mol. The fraction of sp³-hybridized carbons (Fsp3) is 0.143. The second-order valence-electron chi connectivity index (χ2n) is 4.37. The highest BCUT2D eigenvalue weighted by Gasteiger charge is 2.17. The van der Waals surface area contributed by atoms with Gasteiger partial charge in [-0.05, 0) is 25.1 Å². The first kappa shape index (κ1) is 16.7. The first-order valence-corrected chi connectivity index (χ1v) is 7.33. The molecule has 1 aromatic heterocycles. The molecule has 0 aliphatic heterocycles. The zero-order valence-corrected chi connectivity index (χ0v) is 13.8. The van der Waals surface area contributed by atoms with Crippen LogP contribution in [0.25, 0.3) is 5.57 Å². The zero-order valence-electron chi connectivity index (χ0n) is 11.5. The molecule has 5 nitrogen and oxygen atoms in total. The molecule has 0 spiro atoms. The van der Waals surface area contributed by atoms with Crippen LogP contribution in [-0.2, 0) is 4.79 Å². The summed E-state index contributed by atoms with van der Waals surface area (Å²) in [4.78, 5) is 12.0. The van der Waals surface area contributed by atoms with Gasteiger partial charge in [-0.15, -0.1) is 0 Å². The average Bonchev–Trinajstić information content (AvgIpc) is 2.95. The summed E-state index contributed by atoms with van der Waals surface area (Å²) in [5.74, 6) is -0.174. The summed E-state index contributed by atoms with van der Waals surface area (Å²) in [5.41, 5.74) is 0.664. The third-order valence-corrected chi connectivity index (χ3v) is 3.46. The van der Waals surface area contributed by atoms with E-state index in [4.69, 9.17) is 39.5 Å². The van der Waals surface area contributed by atoms with Crippen molar-refractivity contribution in [3.05, 3.63) is 51.7 Å². The summed E-state index contributed by atoms with van der Waals surface area (Å²) in [6.07, 6.45) is 0.917. The van der Waals surface area contributed by atoms with Gasteiger partial charge in [-0.2, -0.15) is 5.10 Å². The van der Waals surface area contributed by atoms with E-state index in [-0.39, 0.29) is 21.4 Å². The first-order chi connectivity index (χ1) is 10.4. The van der Waals surface area contributed by atoms with Gasteiger partial charge in [0.05, 0.1) is 21.3 Å². The second kappa shape index (κ2) is 7.05. The van der Waals surface area contributed by atoms with Crippen LogP contribution in [0.3, 0.4) is 0 Å². The number of ether oxygens (including phenoxy) is 1. The molecule has 0 aliphatic rings. The van der Waals surface area contributed by atoms with E-state index in [1.165, 1.54) is 12.1 Å². The van der Waals surface area contributed by atoms with E-state index < -0.39 is 12.1 Å². The van der Waals surface area contributed by atoms with Crippen LogP contribution >= 0.6 is 34.8 Å². The number of benzene rings is 1. The SMILES string of the molecule is C=C(C(=O)NC(C)Oc1c(Cl)cc(Cl)cc1Cl)c1cc[nH]n1. The minimum absolute atomic E-state index is 0.213. The Hall–Kier alpha value is -1.69. The third kappa shape index (κ3) is 3.94. The minimum atomic E-state index is -0.681. The summed E-state index contributed by atoms with van der Waals surface area (Å²) in [6, 6.07) is 4.64. The van der Waals surface area contributed by atoms with Crippen molar-refractivity contribution >= 4 is 46.3 Å². The molecule has 0 fully saturated rings. The summed E-state index contributed by atoms with van der Waals surface area (Å²) in [6.45, 7) is 5.32. The Morgan fingerprint density at radius 3 is 2.55 bits per heavy atom. The molecule has 0 saturated carbocycles. The smallest absolute Gasteiger partial charge is 0.255 e. The quantitative estimate of drug-likeness (QED) is 0.627. The van der Waals surface area contributed by atoms with E-state index in [1.54, 1.807) is 19.2 Å². The molecule has 116 valence electrons.